The predicted molar refractivity (Wildman–Crippen MR) is 136 cm³/mol. The number of amides is 1. The van der Waals surface area contributed by atoms with Crippen LogP contribution in [0.3, 0.4) is 0 Å². The van der Waals surface area contributed by atoms with Gasteiger partial charge in [-0.1, -0.05) is 60.2 Å². The Balaban J connectivity index is 1.92. The number of hydrogen-bond acceptors (Lipinski definition) is 8. The van der Waals surface area contributed by atoms with Gasteiger partial charge in [0.15, 0.2) is 5.13 Å². The fourth-order valence-corrected chi connectivity index (χ4v) is 4.99. The first-order valence-corrected chi connectivity index (χ1v) is 12.2. The Hall–Kier alpha value is -3.98. The molecule has 4 rings (SSSR count). The Morgan fingerprint density at radius 1 is 1.14 bits per heavy atom. The fraction of sp³-hybridized carbons (Fsp3) is 0.259. The highest BCUT2D eigenvalue weighted by Gasteiger charge is 2.48. The number of methoxy groups -OCH3 is 1. The summed E-state index contributed by atoms with van der Waals surface area (Å²) in [6.07, 6.45) is 0.810. The fourth-order valence-electron chi connectivity index (χ4n) is 3.97. The molecule has 1 N–H and O–H groups in total. The SMILES string of the molecule is CCCOc1cccc(C2C(=C(O)c3ccc(C)cc3)C(=O)C(=O)N2c2nc(C)c(C(=O)OC)s2)c1. The second-order valence-electron chi connectivity index (χ2n) is 8.36. The van der Waals surface area contributed by atoms with Gasteiger partial charge in [0.1, 0.15) is 16.4 Å². The lowest BCUT2D eigenvalue weighted by Crippen LogP contribution is -2.29. The minimum atomic E-state index is -0.979. The van der Waals surface area contributed by atoms with Crippen LogP contribution < -0.4 is 9.64 Å². The van der Waals surface area contributed by atoms with Gasteiger partial charge in [-0.15, -0.1) is 0 Å². The van der Waals surface area contributed by atoms with E-state index in [1.165, 1.54) is 12.0 Å². The standard InChI is InChI=1S/C27H26N2O6S/c1-5-13-35-19-8-6-7-18(14-19)21-20(22(30)17-11-9-15(2)10-12-17)23(31)25(32)29(21)27-28-16(3)24(36-27)26(33)34-4/h6-12,14,21,30H,5,13H2,1-4H3. The quantitative estimate of drug-likeness (QED) is 0.209. The topological polar surface area (TPSA) is 106 Å². The Morgan fingerprint density at radius 2 is 1.86 bits per heavy atom. The van der Waals surface area contributed by atoms with E-state index in [0.717, 1.165) is 23.3 Å². The van der Waals surface area contributed by atoms with Gasteiger partial charge in [-0.25, -0.2) is 9.78 Å². The minimum absolute atomic E-state index is 0.0658. The van der Waals surface area contributed by atoms with E-state index in [9.17, 15) is 19.5 Å². The summed E-state index contributed by atoms with van der Waals surface area (Å²) in [5, 5.41) is 11.4. The third-order valence-corrected chi connectivity index (χ3v) is 6.92. The van der Waals surface area contributed by atoms with Crippen molar-refractivity contribution in [2.75, 3.05) is 18.6 Å². The minimum Gasteiger partial charge on any atom is -0.507 e. The number of ketones is 1. The molecule has 9 heteroatoms. The highest BCUT2D eigenvalue weighted by atomic mass is 32.1. The van der Waals surface area contributed by atoms with Crippen LogP contribution in [0.25, 0.3) is 5.76 Å². The summed E-state index contributed by atoms with van der Waals surface area (Å²) in [7, 11) is 1.26. The number of aliphatic hydroxyl groups is 1. The van der Waals surface area contributed by atoms with Gasteiger partial charge in [-0.05, 0) is 38.0 Å². The molecule has 0 spiro atoms. The lowest BCUT2D eigenvalue weighted by atomic mass is 9.95. The number of ether oxygens (including phenoxy) is 2. The van der Waals surface area contributed by atoms with Gasteiger partial charge in [-0.2, -0.15) is 0 Å². The van der Waals surface area contributed by atoms with E-state index in [2.05, 4.69) is 4.98 Å². The van der Waals surface area contributed by atoms with Crippen LogP contribution in [0.15, 0.2) is 54.1 Å². The lowest BCUT2D eigenvalue weighted by Gasteiger charge is -2.23. The molecule has 1 aliphatic heterocycles. The average Bonchev–Trinajstić information content (AvgIpc) is 3.39. The predicted octanol–water partition coefficient (Wildman–Crippen LogP) is 4.96. The number of esters is 1. The second kappa shape index (κ2) is 10.3. The first-order chi connectivity index (χ1) is 17.3. The number of anilines is 1. The molecule has 1 aromatic heterocycles. The number of nitrogens with zero attached hydrogens (tertiary/aromatic N) is 2. The van der Waals surface area contributed by atoms with E-state index in [4.69, 9.17) is 9.47 Å². The maximum Gasteiger partial charge on any atom is 0.350 e. The Bertz CT molecular complexity index is 1360. The van der Waals surface area contributed by atoms with E-state index in [1.54, 1.807) is 43.3 Å². The van der Waals surface area contributed by atoms with Crippen LogP contribution >= 0.6 is 11.3 Å². The highest BCUT2D eigenvalue weighted by Crippen LogP contribution is 2.44. The number of thiazole rings is 1. The van der Waals surface area contributed by atoms with Crippen LogP contribution in [-0.2, 0) is 14.3 Å². The number of carbonyl (C=O) groups is 3. The molecule has 3 aromatic rings. The van der Waals surface area contributed by atoms with Crippen LogP contribution in [0.1, 0.15) is 51.4 Å². The number of hydrogen-bond donors (Lipinski definition) is 1. The molecule has 8 nitrogen and oxygen atoms in total. The van der Waals surface area contributed by atoms with Gasteiger partial charge >= 0.3 is 11.9 Å². The van der Waals surface area contributed by atoms with E-state index in [-0.39, 0.29) is 21.3 Å². The highest BCUT2D eigenvalue weighted by molar-refractivity contribution is 7.17. The van der Waals surface area contributed by atoms with Gasteiger partial charge in [-0.3, -0.25) is 14.5 Å². The number of Topliss-reactive ketones (excluding diaryl/α,β-unsaturated/α-hetero) is 1. The molecule has 1 amide bonds. The van der Waals surface area contributed by atoms with E-state index >= 15 is 0 Å². The summed E-state index contributed by atoms with van der Waals surface area (Å²) >= 11 is 0.955. The zero-order valence-corrected chi connectivity index (χ0v) is 21.2. The van der Waals surface area contributed by atoms with Crippen LogP contribution in [-0.4, -0.2) is 41.5 Å². The van der Waals surface area contributed by atoms with Crippen LogP contribution in [0.2, 0.25) is 0 Å². The monoisotopic (exact) mass is 506 g/mol. The van der Waals surface area contributed by atoms with E-state index < -0.39 is 23.7 Å². The van der Waals surface area contributed by atoms with Crippen molar-refractivity contribution in [1.29, 1.82) is 0 Å². The molecule has 0 aliphatic carbocycles. The van der Waals surface area contributed by atoms with Crippen molar-refractivity contribution >= 4 is 39.9 Å². The Labute approximate surface area is 212 Å². The third kappa shape index (κ3) is 4.61. The van der Waals surface area contributed by atoms with E-state index in [0.29, 0.717) is 29.2 Å². The largest absolute Gasteiger partial charge is 0.507 e. The molecule has 1 fully saturated rings. The first-order valence-electron chi connectivity index (χ1n) is 11.4. The molecule has 1 atom stereocenters. The average molecular weight is 507 g/mol. The van der Waals surface area contributed by atoms with Gasteiger partial charge < -0.3 is 14.6 Å². The van der Waals surface area contributed by atoms with Crippen molar-refractivity contribution in [1.82, 2.24) is 4.98 Å². The molecular formula is C27H26N2O6S. The Morgan fingerprint density at radius 3 is 2.53 bits per heavy atom. The normalized spacial score (nSPS) is 16.9. The molecule has 0 radical (unpaired) electrons. The molecule has 0 bridgehead atoms. The second-order valence-corrected chi connectivity index (χ2v) is 9.34. The summed E-state index contributed by atoms with van der Waals surface area (Å²) in [4.78, 5) is 44.8. The summed E-state index contributed by atoms with van der Waals surface area (Å²) < 4.78 is 10.6. The number of aryl methyl sites for hydroxylation is 2. The van der Waals surface area contributed by atoms with Gasteiger partial charge in [0.2, 0.25) is 0 Å². The van der Waals surface area contributed by atoms with Crippen molar-refractivity contribution in [3.8, 4) is 5.75 Å². The maximum atomic E-state index is 13.4. The molecule has 0 saturated carbocycles. The first kappa shape index (κ1) is 25.1. The van der Waals surface area contributed by atoms with Crippen molar-refractivity contribution in [2.45, 2.75) is 33.2 Å². The van der Waals surface area contributed by atoms with Crippen molar-refractivity contribution in [3.05, 3.63) is 81.4 Å². The molecular weight excluding hydrogens is 480 g/mol. The smallest absolute Gasteiger partial charge is 0.350 e. The van der Waals surface area contributed by atoms with E-state index in [1.807, 2.05) is 26.0 Å². The number of carbonyl (C=O) groups excluding carboxylic acids is 3. The van der Waals surface area contributed by atoms with Gasteiger partial charge in [0, 0.05) is 5.56 Å². The number of benzene rings is 2. The van der Waals surface area contributed by atoms with Crippen LogP contribution in [0.5, 0.6) is 5.75 Å². The van der Waals surface area contributed by atoms with Gasteiger partial charge in [0.25, 0.3) is 5.78 Å². The third-order valence-electron chi connectivity index (χ3n) is 5.78. The zero-order valence-electron chi connectivity index (χ0n) is 20.4. The van der Waals surface area contributed by atoms with Crippen molar-refractivity contribution in [2.24, 2.45) is 0 Å². The molecule has 1 saturated heterocycles. The lowest BCUT2D eigenvalue weighted by molar-refractivity contribution is -0.132. The van der Waals surface area contributed by atoms with Crippen molar-refractivity contribution in [3.63, 3.8) is 0 Å². The molecule has 2 aromatic carbocycles. The molecule has 1 unspecified atom stereocenters. The number of rotatable bonds is 7. The molecule has 2 heterocycles. The van der Waals surface area contributed by atoms with Crippen LogP contribution in [0, 0.1) is 13.8 Å². The summed E-state index contributed by atoms with van der Waals surface area (Å²) in [5.41, 5.74) is 2.26. The zero-order chi connectivity index (χ0) is 26.0. The number of aliphatic hydroxyl groups excluding tert-OH is 1. The molecule has 1 aliphatic rings. The van der Waals surface area contributed by atoms with Crippen LogP contribution in [0.4, 0.5) is 5.13 Å². The van der Waals surface area contributed by atoms with Crippen molar-refractivity contribution < 1.29 is 29.0 Å². The Kier molecular flexibility index (Phi) is 7.21. The molecule has 36 heavy (non-hydrogen) atoms. The summed E-state index contributed by atoms with van der Waals surface area (Å²) in [6.45, 7) is 6.03. The summed E-state index contributed by atoms with van der Waals surface area (Å²) in [6, 6.07) is 13.1. The number of aromatic nitrogens is 1. The summed E-state index contributed by atoms with van der Waals surface area (Å²) in [5.74, 6) is -1.99. The maximum absolute atomic E-state index is 13.4. The van der Waals surface area contributed by atoms with Gasteiger partial charge in [0.05, 0.1) is 31.0 Å². The molecule has 186 valence electrons.